The molecule has 1 amide bonds. The van der Waals surface area contributed by atoms with Gasteiger partial charge >= 0.3 is 5.97 Å². The van der Waals surface area contributed by atoms with E-state index in [9.17, 15) is 9.59 Å². The number of esters is 1. The Hall–Kier alpha value is -1.82. The Kier molecular flexibility index (Phi) is 5.60. The van der Waals surface area contributed by atoms with Crippen molar-refractivity contribution < 1.29 is 14.3 Å². The molecular weight excluding hydrogens is 348 g/mol. The van der Waals surface area contributed by atoms with Crippen LogP contribution in [-0.4, -0.2) is 28.8 Å². The molecule has 2 aromatic rings. The quantitative estimate of drug-likeness (QED) is 0.602. The van der Waals surface area contributed by atoms with Crippen LogP contribution in [0.15, 0.2) is 24.3 Å². The summed E-state index contributed by atoms with van der Waals surface area (Å²) in [6, 6.07) is 7.42. The lowest BCUT2D eigenvalue weighted by molar-refractivity contribution is -0.115. The summed E-state index contributed by atoms with van der Waals surface area (Å²) in [6.45, 7) is 2.08. The molecule has 118 valence electrons. The fourth-order valence-corrected chi connectivity index (χ4v) is 2.68. The minimum atomic E-state index is -0.508. The summed E-state index contributed by atoms with van der Waals surface area (Å²) >= 11 is 3.39. The van der Waals surface area contributed by atoms with Gasteiger partial charge in [-0.05, 0) is 12.5 Å². The second kappa shape index (κ2) is 7.45. The number of carbonyl (C=O) groups excluding carboxylic acids is 2. The number of aromatic nitrogens is 1. The number of carbonyl (C=O) groups is 2. The van der Waals surface area contributed by atoms with Gasteiger partial charge in [-0.15, -0.1) is 0 Å². The van der Waals surface area contributed by atoms with Crippen LogP contribution < -0.4 is 5.32 Å². The molecule has 0 bridgehead atoms. The van der Waals surface area contributed by atoms with Gasteiger partial charge in [0, 0.05) is 10.9 Å². The van der Waals surface area contributed by atoms with E-state index in [2.05, 4.69) is 33.2 Å². The number of anilines is 1. The largest absolute Gasteiger partial charge is 0.464 e. The van der Waals surface area contributed by atoms with Crippen molar-refractivity contribution in [1.82, 2.24) is 4.98 Å². The van der Waals surface area contributed by atoms with E-state index in [0.717, 1.165) is 30.2 Å². The maximum Gasteiger partial charge on any atom is 0.356 e. The van der Waals surface area contributed by atoms with Crippen LogP contribution in [0.1, 0.15) is 36.7 Å². The van der Waals surface area contributed by atoms with Gasteiger partial charge < -0.3 is 15.0 Å². The van der Waals surface area contributed by atoms with Crippen molar-refractivity contribution in [2.24, 2.45) is 0 Å². The van der Waals surface area contributed by atoms with Gasteiger partial charge in [-0.2, -0.15) is 0 Å². The summed E-state index contributed by atoms with van der Waals surface area (Å²) in [7, 11) is 1.31. The van der Waals surface area contributed by atoms with Gasteiger partial charge in [0.05, 0.1) is 17.6 Å². The zero-order valence-corrected chi connectivity index (χ0v) is 14.2. The number of methoxy groups -OCH3 is 1. The summed E-state index contributed by atoms with van der Waals surface area (Å²) in [6.07, 6.45) is 2.73. The highest BCUT2D eigenvalue weighted by Crippen LogP contribution is 2.29. The maximum absolute atomic E-state index is 12.3. The molecule has 0 spiro atoms. The third-order valence-corrected chi connectivity index (χ3v) is 4.31. The van der Waals surface area contributed by atoms with Crippen molar-refractivity contribution in [2.75, 3.05) is 12.4 Å². The van der Waals surface area contributed by atoms with E-state index in [1.54, 1.807) is 0 Å². The predicted molar refractivity (Wildman–Crippen MR) is 90.5 cm³/mol. The fraction of sp³-hybridized carbons (Fsp3) is 0.375. The third-order valence-electron chi connectivity index (χ3n) is 3.44. The second-order valence-electron chi connectivity index (χ2n) is 5.01. The lowest BCUT2D eigenvalue weighted by Gasteiger charge is -2.11. The van der Waals surface area contributed by atoms with Crippen LogP contribution in [0, 0.1) is 0 Å². The number of hydrogen-bond acceptors (Lipinski definition) is 3. The second-order valence-corrected chi connectivity index (χ2v) is 6.12. The molecule has 1 unspecified atom stereocenters. The Morgan fingerprint density at radius 1 is 1.36 bits per heavy atom. The molecule has 1 aromatic heterocycles. The number of hydrogen-bond donors (Lipinski definition) is 2. The van der Waals surface area contributed by atoms with Crippen LogP contribution in [0.5, 0.6) is 0 Å². The molecule has 2 N–H and O–H groups in total. The van der Waals surface area contributed by atoms with Gasteiger partial charge in [0.2, 0.25) is 5.91 Å². The molecule has 0 saturated carbocycles. The average Bonchev–Trinajstić information content (AvgIpc) is 2.90. The predicted octanol–water partition coefficient (Wildman–Crippen LogP) is 3.85. The van der Waals surface area contributed by atoms with Crippen LogP contribution in [-0.2, 0) is 9.53 Å². The van der Waals surface area contributed by atoms with Crippen molar-refractivity contribution in [3.63, 3.8) is 0 Å². The first-order valence-corrected chi connectivity index (χ1v) is 8.14. The summed E-state index contributed by atoms with van der Waals surface area (Å²) in [4.78, 5) is 26.9. The Bertz CT molecular complexity index is 681. The standard InChI is InChI=1S/C16H19BrN2O3/c1-3-4-8-11(17)15(20)19-13-10-7-5-6-9-12(10)18-14(13)16(21)22-2/h5-7,9,11,18H,3-4,8H2,1-2H3,(H,19,20). The lowest BCUT2D eigenvalue weighted by Crippen LogP contribution is -2.23. The molecule has 5 nitrogen and oxygen atoms in total. The number of fused-ring (bicyclic) bond motifs is 1. The average molecular weight is 367 g/mol. The van der Waals surface area contributed by atoms with Crippen LogP contribution >= 0.6 is 15.9 Å². The number of alkyl halides is 1. The Labute approximate surface area is 137 Å². The maximum atomic E-state index is 12.3. The Morgan fingerprint density at radius 3 is 2.77 bits per heavy atom. The van der Waals surface area contributed by atoms with E-state index in [-0.39, 0.29) is 16.4 Å². The number of nitrogens with one attached hydrogen (secondary N) is 2. The van der Waals surface area contributed by atoms with E-state index in [4.69, 9.17) is 4.74 Å². The number of aromatic amines is 1. The highest BCUT2D eigenvalue weighted by Gasteiger charge is 2.22. The molecule has 0 radical (unpaired) electrons. The third kappa shape index (κ3) is 3.50. The first-order chi connectivity index (χ1) is 10.6. The summed E-state index contributed by atoms with van der Waals surface area (Å²) in [5, 5.41) is 3.62. The zero-order valence-electron chi connectivity index (χ0n) is 12.6. The monoisotopic (exact) mass is 366 g/mol. The molecule has 0 aliphatic rings. The molecule has 0 fully saturated rings. The highest BCUT2D eigenvalue weighted by atomic mass is 79.9. The van der Waals surface area contributed by atoms with E-state index in [1.165, 1.54) is 7.11 Å². The number of ether oxygens (including phenoxy) is 1. The molecular formula is C16H19BrN2O3. The molecule has 6 heteroatoms. The van der Waals surface area contributed by atoms with Crippen molar-refractivity contribution in [3.8, 4) is 0 Å². The smallest absolute Gasteiger partial charge is 0.356 e. The van der Waals surface area contributed by atoms with E-state index >= 15 is 0 Å². The van der Waals surface area contributed by atoms with E-state index < -0.39 is 5.97 Å². The molecule has 1 heterocycles. The van der Waals surface area contributed by atoms with Crippen molar-refractivity contribution >= 4 is 44.4 Å². The number of unbranched alkanes of at least 4 members (excludes halogenated alkanes) is 1. The first kappa shape index (κ1) is 16.5. The number of H-pyrrole nitrogens is 1. The Balaban J connectivity index is 2.32. The van der Waals surface area contributed by atoms with Gasteiger partial charge in [-0.1, -0.05) is 53.9 Å². The number of benzene rings is 1. The number of halogens is 1. The summed E-state index contributed by atoms with van der Waals surface area (Å²) in [5.41, 5.74) is 1.50. The minimum Gasteiger partial charge on any atom is -0.464 e. The summed E-state index contributed by atoms with van der Waals surface area (Å²) < 4.78 is 4.78. The summed E-state index contributed by atoms with van der Waals surface area (Å²) in [5.74, 6) is -0.672. The van der Waals surface area contributed by atoms with Gasteiger partial charge in [0.25, 0.3) is 0 Å². The van der Waals surface area contributed by atoms with Gasteiger partial charge in [-0.3, -0.25) is 4.79 Å². The lowest BCUT2D eigenvalue weighted by atomic mass is 10.2. The molecule has 0 aliphatic carbocycles. The molecule has 0 saturated heterocycles. The van der Waals surface area contributed by atoms with Crippen LogP contribution in [0.3, 0.4) is 0 Å². The van der Waals surface area contributed by atoms with Gasteiger partial charge in [-0.25, -0.2) is 4.79 Å². The van der Waals surface area contributed by atoms with Gasteiger partial charge in [0.1, 0.15) is 5.69 Å². The molecule has 2 rings (SSSR count). The van der Waals surface area contributed by atoms with Crippen LogP contribution in [0.2, 0.25) is 0 Å². The molecule has 22 heavy (non-hydrogen) atoms. The molecule has 1 atom stereocenters. The SMILES string of the molecule is CCCCC(Br)C(=O)Nc1c(C(=O)OC)[nH]c2ccccc12. The Morgan fingerprint density at radius 2 is 2.09 bits per heavy atom. The van der Waals surface area contributed by atoms with Gasteiger partial charge in [0.15, 0.2) is 0 Å². The number of para-hydroxylation sites is 1. The van der Waals surface area contributed by atoms with E-state index in [1.807, 2.05) is 24.3 Å². The van der Waals surface area contributed by atoms with Crippen molar-refractivity contribution in [3.05, 3.63) is 30.0 Å². The molecule has 1 aromatic carbocycles. The number of rotatable bonds is 6. The highest BCUT2D eigenvalue weighted by molar-refractivity contribution is 9.10. The normalized spacial score (nSPS) is 12.1. The van der Waals surface area contributed by atoms with E-state index in [0.29, 0.717) is 5.69 Å². The van der Waals surface area contributed by atoms with Crippen LogP contribution in [0.25, 0.3) is 10.9 Å². The molecule has 0 aliphatic heterocycles. The minimum absolute atomic E-state index is 0.164. The zero-order chi connectivity index (χ0) is 16.1. The van der Waals surface area contributed by atoms with Crippen molar-refractivity contribution in [2.45, 2.75) is 31.0 Å². The number of amides is 1. The van der Waals surface area contributed by atoms with Crippen LogP contribution in [0.4, 0.5) is 5.69 Å². The topological polar surface area (TPSA) is 71.2 Å². The van der Waals surface area contributed by atoms with Crippen molar-refractivity contribution in [1.29, 1.82) is 0 Å². The fourth-order valence-electron chi connectivity index (χ4n) is 2.24. The first-order valence-electron chi connectivity index (χ1n) is 7.22.